The van der Waals surface area contributed by atoms with Gasteiger partial charge in [0.25, 0.3) is 0 Å². The summed E-state index contributed by atoms with van der Waals surface area (Å²) in [4.78, 5) is 11.5. The average molecular weight is 360 g/mol. The zero-order valence-electron chi connectivity index (χ0n) is 13.9. The molecule has 0 aliphatic carbocycles. The Bertz CT molecular complexity index is 757. The molecular weight excluding hydrogens is 340 g/mol. The fraction of sp³-hybridized carbons (Fsp3) is 0.421. The third-order valence-corrected chi connectivity index (χ3v) is 5.64. The fourth-order valence-electron chi connectivity index (χ4n) is 3.67. The van der Waals surface area contributed by atoms with Gasteiger partial charge in [0.05, 0.1) is 24.9 Å². The Morgan fingerprint density at radius 1 is 1.40 bits per heavy atom. The van der Waals surface area contributed by atoms with Crippen molar-refractivity contribution in [1.82, 2.24) is 0 Å². The van der Waals surface area contributed by atoms with Gasteiger partial charge in [0.2, 0.25) is 0 Å². The summed E-state index contributed by atoms with van der Waals surface area (Å²) in [6.07, 6.45) is 0.115. The molecule has 3 heterocycles. The standard InChI is InChI=1S/C19H20O5S/c1-2-15-17(22-8-11-6-7-25-10-11)18-16(24-15)12-4-3-5-13(19(20)21)14(12)9-23-18/h3-7,10,15-18H,2,8-9H2,1H3,(H,20,21)/t15-,16-,17+,18+/m1/s1. The molecule has 4 atom stereocenters. The van der Waals surface area contributed by atoms with Crippen LogP contribution in [0.5, 0.6) is 0 Å². The predicted molar refractivity (Wildman–Crippen MR) is 92.8 cm³/mol. The van der Waals surface area contributed by atoms with Crippen LogP contribution < -0.4 is 0 Å². The minimum Gasteiger partial charge on any atom is -0.478 e. The molecule has 2 aromatic rings. The quantitative estimate of drug-likeness (QED) is 0.879. The van der Waals surface area contributed by atoms with Crippen LogP contribution in [0, 0.1) is 0 Å². The molecule has 2 aliphatic rings. The minimum atomic E-state index is -0.936. The van der Waals surface area contributed by atoms with Gasteiger partial charge in [-0.1, -0.05) is 19.1 Å². The van der Waals surface area contributed by atoms with Gasteiger partial charge in [0.1, 0.15) is 18.3 Å². The first-order chi connectivity index (χ1) is 12.2. The summed E-state index contributed by atoms with van der Waals surface area (Å²) in [6.45, 7) is 2.87. The summed E-state index contributed by atoms with van der Waals surface area (Å²) in [7, 11) is 0. The highest BCUT2D eigenvalue weighted by Crippen LogP contribution is 2.44. The predicted octanol–water partition coefficient (Wildman–Crippen LogP) is 3.78. The van der Waals surface area contributed by atoms with Gasteiger partial charge in [0, 0.05) is 0 Å². The Labute approximate surface area is 150 Å². The Kier molecular flexibility index (Phi) is 4.60. The number of ether oxygens (including phenoxy) is 3. The van der Waals surface area contributed by atoms with Crippen molar-refractivity contribution in [2.75, 3.05) is 0 Å². The Balaban J connectivity index is 1.60. The van der Waals surface area contributed by atoms with Crippen molar-refractivity contribution in [3.8, 4) is 0 Å². The highest BCUT2D eigenvalue weighted by atomic mass is 32.1. The molecule has 5 nitrogen and oxygen atoms in total. The summed E-state index contributed by atoms with van der Waals surface area (Å²) in [5.41, 5.74) is 3.06. The lowest BCUT2D eigenvalue weighted by Crippen LogP contribution is -2.37. The number of benzene rings is 1. The average Bonchev–Trinajstić information content (AvgIpc) is 3.26. The van der Waals surface area contributed by atoms with E-state index in [1.165, 1.54) is 0 Å². The van der Waals surface area contributed by atoms with Crippen LogP contribution in [0.1, 0.15) is 46.5 Å². The first kappa shape index (κ1) is 16.7. The number of aromatic carboxylic acids is 1. The van der Waals surface area contributed by atoms with Crippen LogP contribution in [0.25, 0.3) is 0 Å². The zero-order chi connectivity index (χ0) is 17.4. The van der Waals surface area contributed by atoms with Gasteiger partial charge in [-0.2, -0.15) is 11.3 Å². The minimum absolute atomic E-state index is 0.0620. The SMILES string of the molecule is CC[C@H]1O[C@@H]2c3cccc(C(=O)O)c3CO[C@@H]2[C@H]1OCc1ccsc1. The van der Waals surface area contributed by atoms with Crippen LogP contribution in [0.2, 0.25) is 0 Å². The van der Waals surface area contributed by atoms with Crippen molar-refractivity contribution in [3.05, 3.63) is 57.3 Å². The molecule has 4 rings (SSSR count). The van der Waals surface area contributed by atoms with Crippen molar-refractivity contribution < 1.29 is 24.1 Å². The maximum Gasteiger partial charge on any atom is 0.336 e. The highest BCUT2D eigenvalue weighted by molar-refractivity contribution is 7.07. The van der Waals surface area contributed by atoms with E-state index in [1.807, 2.05) is 11.4 Å². The molecule has 2 aliphatic heterocycles. The van der Waals surface area contributed by atoms with E-state index in [2.05, 4.69) is 18.4 Å². The smallest absolute Gasteiger partial charge is 0.336 e. The Hall–Kier alpha value is -1.73. The Morgan fingerprint density at radius 2 is 2.28 bits per heavy atom. The van der Waals surface area contributed by atoms with Crippen molar-refractivity contribution in [2.24, 2.45) is 0 Å². The first-order valence-corrected chi connectivity index (χ1v) is 9.38. The lowest BCUT2D eigenvalue weighted by Gasteiger charge is -2.30. The number of carboxylic acids is 1. The second-order valence-electron chi connectivity index (χ2n) is 6.36. The summed E-state index contributed by atoms with van der Waals surface area (Å²) in [5.74, 6) is -0.936. The molecule has 1 fully saturated rings. The summed E-state index contributed by atoms with van der Waals surface area (Å²) in [5, 5.41) is 13.5. The van der Waals surface area contributed by atoms with Gasteiger partial charge in [-0.3, -0.25) is 0 Å². The molecule has 0 spiro atoms. The maximum atomic E-state index is 11.5. The molecule has 1 saturated heterocycles. The van der Waals surface area contributed by atoms with Gasteiger partial charge < -0.3 is 19.3 Å². The van der Waals surface area contributed by atoms with Crippen LogP contribution in [0.3, 0.4) is 0 Å². The van der Waals surface area contributed by atoms with Crippen molar-refractivity contribution in [2.45, 2.75) is 51.0 Å². The van der Waals surface area contributed by atoms with E-state index in [9.17, 15) is 9.90 Å². The van der Waals surface area contributed by atoms with Crippen molar-refractivity contribution in [1.29, 1.82) is 0 Å². The van der Waals surface area contributed by atoms with E-state index < -0.39 is 5.97 Å². The van der Waals surface area contributed by atoms with Crippen LogP contribution in [0.4, 0.5) is 0 Å². The molecule has 1 N–H and O–H groups in total. The largest absolute Gasteiger partial charge is 0.478 e. The molecule has 0 saturated carbocycles. The van der Waals surface area contributed by atoms with Gasteiger partial charge in [-0.25, -0.2) is 4.79 Å². The highest BCUT2D eigenvalue weighted by Gasteiger charge is 2.49. The zero-order valence-corrected chi connectivity index (χ0v) is 14.7. The van der Waals surface area contributed by atoms with Crippen molar-refractivity contribution >= 4 is 17.3 Å². The van der Waals surface area contributed by atoms with Gasteiger partial charge >= 0.3 is 5.97 Å². The number of hydrogen-bond donors (Lipinski definition) is 1. The lowest BCUT2D eigenvalue weighted by atomic mass is 9.91. The van der Waals surface area contributed by atoms with E-state index in [1.54, 1.807) is 23.5 Å². The van der Waals surface area contributed by atoms with Crippen LogP contribution in [0.15, 0.2) is 35.0 Å². The maximum absolute atomic E-state index is 11.5. The Morgan fingerprint density at radius 3 is 3.00 bits per heavy atom. The lowest BCUT2D eigenvalue weighted by molar-refractivity contribution is -0.0862. The molecule has 0 amide bonds. The van der Waals surface area contributed by atoms with E-state index >= 15 is 0 Å². The molecule has 0 radical (unpaired) electrons. The summed E-state index contributed by atoms with van der Waals surface area (Å²) < 4.78 is 18.4. The van der Waals surface area contributed by atoms with Crippen LogP contribution in [-0.2, 0) is 27.4 Å². The molecule has 0 unspecified atom stereocenters. The normalized spacial score (nSPS) is 27.7. The molecule has 1 aromatic carbocycles. The molecule has 1 aromatic heterocycles. The summed E-state index contributed by atoms with van der Waals surface area (Å²) >= 11 is 1.65. The van der Waals surface area contributed by atoms with Gasteiger partial charge in [0.15, 0.2) is 0 Å². The van der Waals surface area contributed by atoms with E-state index in [4.69, 9.17) is 14.2 Å². The summed E-state index contributed by atoms with van der Waals surface area (Å²) in [6, 6.07) is 7.38. The molecule has 0 bridgehead atoms. The second kappa shape index (κ2) is 6.88. The number of fused-ring (bicyclic) bond motifs is 3. The first-order valence-electron chi connectivity index (χ1n) is 8.44. The third-order valence-electron chi connectivity index (χ3n) is 4.90. The van der Waals surface area contributed by atoms with E-state index in [-0.39, 0.29) is 36.6 Å². The topological polar surface area (TPSA) is 65.0 Å². The van der Waals surface area contributed by atoms with Gasteiger partial charge in [-0.15, -0.1) is 0 Å². The number of hydrogen-bond acceptors (Lipinski definition) is 5. The molecular formula is C19H20O5S. The second-order valence-corrected chi connectivity index (χ2v) is 7.14. The fourth-order valence-corrected chi connectivity index (χ4v) is 4.32. The monoisotopic (exact) mass is 360 g/mol. The number of rotatable bonds is 5. The third kappa shape index (κ3) is 3.00. The molecule has 25 heavy (non-hydrogen) atoms. The number of thiophene rings is 1. The molecule has 6 heteroatoms. The van der Waals surface area contributed by atoms with Crippen LogP contribution in [-0.4, -0.2) is 29.4 Å². The van der Waals surface area contributed by atoms with E-state index in [0.717, 1.165) is 17.5 Å². The van der Waals surface area contributed by atoms with Crippen molar-refractivity contribution in [3.63, 3.8) is 0 Å². The van der Waals surface area contributed by atoms with E-state index in [0.29, 0.717) is 12.2 Å². The van der Waals surface area contributed by atoms with Crippen LogP contribution >= 0.6 is 11.3 Å². The molecule has 132 valence electrons. The van der Waals surface area contributed by atoms with Gasteiger partial charge in [-0.05, 0) is 46.0 Å². The number of carboxylic acid groups (broad SMARTS) is 1. The number of carbonyl (C=O) groups is 1.